The van der Waals surface area contributed by atoms with Crippen LogP contribution in [0, 0.1) is 0 Å². The van der Waals surface area contributed by atoms with E-state index in [9.17, 15) is 19.5 Å². The van der Waals surface area contributed by atoms with Gasteiger partial charge in [0, 0.05) is 18.9 Å². The Morgan fingerprint density at radius 1 is 0.800 bits per heavy atom. The number of aliphatic carboxylic acids is 1. The summed E-state index contributed by atoms with van der Waals surface area (Å²) in [6, 6.07) is 15.1. The Kier molecular flexibility index (Phi) is 13.5. The Balaban J connectivity index is 1.28. The number of alkyl carbamates (subject to hydrolysis) is 1. The SMILES string of the molecule is CCCCCCCCCCC(=O)NCCCCC[C@H](NC(=O)OCC1c2ccccc2-c2ccccc21)C(=O)O. The molecule has 218 valence electrons. The summed E-state index contributed by atoms with van der Waals surface area (Å²) in [4.78, 5) is 36.2. The quantitative estimate of drug-likeness (QED) is 0.161. The summed E-state index contributed by atoms with van der Waals surface area (Å²) in [5.74, 6) is -1.06. The van der Waals surface area contributed by atoms with E-state index < -0.39 is 18.1 Å². The molecule has 3 N–H and O–H groups in total. The lowest BCUT2D eigenvalue weighted by Crippen LogP contribution is -2.41. The summed E-state index contributed by atoms with van der Waals surface area (Å²) in [6.45, 7) is 2.95. The van der Waals surface area contributed by atoms with Crippen molar-refractivity contribution in [1.82, 2.24) is 10.6 Å². The predicted molar refractivity (Wildman–Crippen MR) is 158 cm³/mol. The molecule has 2 amide bonds. The Morgan fingerprint density at radius 2 is 1.38 bits per heavy atom. The van der Waals surface area contributed by atoms with Gasteiger partial charge in [-0.2, -0.15) is 0 Å². The predicted octanol–water partition coefficient (Wildman–Crippen LogP) is 7.19. The Labute approximate surface area is 239 Å². The van der Waals surface area contributed by atoms with Crippen molar-refractivity contribution in [2.24, 2.45) is 0 Å². The van der Waals surface area contributed by atoms with Gasteiger partial charge in [0.1, 0.15) is 12.6 Å². The molecule has 3 rings (SSSR count). The molecular weight excluding hydrogens is 504 g/mol. The smallest absolute Gasteiger partial charge is 0.407 e. The molecule has 40 heavy (non-hydrogen) atoms. The Morgan fingerprint density at radius 3 is 2.00 bits per heavy atom. The molecule has 0 unspecified atom stereocenters. The van der Waals surface area contributed by atoms with Gasteiger partial charge in [-0.3, -0.25) is 4.79 Å². The maximum Gasteiger partial charge on any atom is 0.407 e. The fourth-order valence-corrected chi connectivity index (χ4v) is 5.43. The average molecular weight is 551 g/mol. The number of rotatable bonds is 19. The lowest BCUT2D eigenvalue weighted by Gasteiger charge is -2.17. The number of hydrogen-bond acceptors (Lipinski definition) is 4. The molecule has 0 spiro atoms. The van der Waals surface area contributed by atoms with Crippen LogP contribution in [0.4, 0.5) is 4.79 Å². The van der Waals surface area contributed by atoms with Crippen molar-refractivity contribution in [2.45, 2.75) is 102 Å². The van der Waals surface area contributed by atoms with Crippen LogP contribution in [-0.2, 0) is 14.3 Å². The van der Waals surface area contributed by atoms with E-state index in [4.69, 9.17) is 4.74 Å². The minimum atomic E-state index is -1.08. The summed E-state index contributed by atoms with van der Waals surface area (Å²) >= 11 is 0. The molecule has 1 aliphatic rings. The molecule has 1 aliphatic carbocycles. The third-order valence-electron chi connectivity index (χ3n) is 7.68. The van der Waals surface area contributed by atoms with Crippen molar-refractivity contribution in [1.29, 1.82) is 0 Å². The van der Waals surface area contributed by atoms with E-state index in [-0.39, 0.29) is 18.4 Å². The molecule has 2 aromatic rings. The highest BCUT2D eigenvalue weighted by molar-refractivity contribution is 5.81. The number of fused-ring (bicyclic) bond motifs is 3. The van der Waals surface area contributed by atoms with E-state index in [1.165, 1.54) is 38.5 Å². The van der Waals surface area contributed by atoms with Gasteiger partial charge in [-0.05, 0) is 41.5 Å². The number of carbonyl (C=O) groups is 3. The maximum absolute atomic E-state index is 12.5. The highest BCUT2D eigenvalue weighted by atomic mass is 16.5. The van der Waals surface area contributed by atoms with Crippen LogP contribution in [0.1, 0.15) is 107 Å². The first-order chi connectivity index (χ1) is 19.5. The number of carbonyl (C=O) groups excluding carboxylic acids is 2. The molecule has 7 heteroatoms. The number of carboxylic acids is 1. The van der Waals surface area contributed by atoms with Crippen molar-refractivity contribution in [3.63, 3.8) is 0 Å². The van der Waals surface area contributed by atoms with E-state index in [1.54, 1.807) is 0 Å². The average Bonchev–Trinajstić information content (AvgIpc) is 3.28. The minimum Gasteiger partial charge on any atom is -0.480 e. The third kappa shape index (κ3) is 10.00. The molecule has 0 radical (unpaired) electrons. The van der Waals surface area contributed by atoms with Crippen molar-refractivity contribution < 1.29 is 24.2 Å². The molecule has 0 saturated heterocycles. The van der Waals surface area contributed by atoms with E-state index in [1.807, 2.05) is 36.4 Å². The van der Waals surface area contributed by atoms with E-state index >= 15 is 0 Å². The number of ether oxygens (including phenoxy) is 1. The highest BCUT2D eigenvalue weighted by Crippen LogP contribution is 2.44. The molecular formula is C33H46N2O5. The molecule has 7 nitrogen and oxygen atoms in total. The largest absolute Gasteiger partial charge is 0.480 e. The number of unbranched alkanes of at least 4 members (excludes halogenated alkanes) is 9. The van der Waals surface area contributed by atoms with Gasteiger partial charge >= 0.3 is 12.1 Å². The van der Waals surface area contributed by atoms with Crippen LogP contribution in [0.3, 0.4) is 0 Å². The normalized spacial score (nSPS) is 12.8. The minimum absolute atomic E-state index is 0.0767. The van der Waals surface area contributed by atoms with Crippen molar-refractivity contribution in [3.05, 3.63) is 59.7 Å². The zero-order chi connectivity index (χ0) is 28.6. The van der Waals surface area contributed by atoms with Crippen molar-refractivity contribution in [2.75, 3.05) is 13.2 Å². The van der Waals surface area contributed by atoms with Gasteiger partial charge in [-0.1, -0.05) is 113 Å². The summed E-state index contributed by atoms with van der Waals surface area (Å²) in [6.07, 6.45) is 12.0. The number of carboxylic acid groups (broad SMARTS) is 1. The Bertz CT molecular complexity index is 1040. The van der Waals surface area contributed by atoms with Gasteiger partial charge in [0.25, 0.3) is 0 Å². The maximum atomic E-state index is 12.5. The number of nitrogens with one attached hydrogen (secondary N) is 2. The zero-order valence-electron chi connectivity index (χ0n) is 24.0. The molecule has 2 aromatic carbocycles. The fourth-order valence-electron chi connectivity index (χ4n) is 5.43. The standard InChI is InChI=1S/C33H46N2O5/c1-2-3-4-5-6-7-8-11-22-31(36)34-23-16-9-10-21-30(32(37)38)35-33(39)40-24-29-27-19-14-12-17-25(27)26-18-13-15-20-28(26)29/h12-15,17-20,29-30H,2-11,16,21-24H2,1H3,(H,34,36)(H,35,39)(H,37,38)/t30-/m0/s1. The number of amides is 2. The topological polar surface area (TPSA) is 105 Å². The fraction of sp³-hybridized carbons (Fsp3) is 0.545. The second kappa shape index (κ2) is 17.4. The van der Waals surface area contributed by atoms with Crippen LogP contribution < -0.4 is 10.6 Å². The summed E-state index contributed by atoms with van der Waals surface area (Å²) < 4.78 is 5.50. The molecule has 0 bridgehead atoms. The first-order valence-corrected chi connectivity index (χ1v) is 15.1. The zero-order valence-corrected chi connectivity index (χ0v) is 24.0. The van der Waals surface area contributed by atoms with Gasteiger partial charge in [-0.15, -0.1) is 0 Å². The van der Waals surface area contributed by atoms with Gasteiger partial charge in [0.05, 0.1) is 0 Å². The highest BCUT2D eigenvalue weighted by Gasteiger charge is 2.29. The molecule has 0 saturated carbocycles. The lowest BCUT2D eigenvalue weighted by atomic mass is 9.98. The van der Waals surface area contributed by atoms with Gasteiger partial charge in [0.15, 0.2) is 0 Å². The van der Waals surface area contributed by atoms with Crippen LogP contribution in [0.2, 0.25) is 0 Å². The molecule has 1 atom stereocenters. The van der Waals surface area contributed by atoms with Crippen LogP contribution in [0.25, 0.3) is 11.1 Å². The van der Waals surface area contributed by atoms with Gasteiger partial charge in [-0.25, -0.2) is 9.59 Å². The summed E-state index contributed by atoms with van der Waals surface area (Å²) in [7, 11) is 0. The molecule has 0 aromatic heterocycles. The van der Waals surface area contributed by atoms with Crippen LogP contribution in [-0.4, -0.2) is 42.3 Å². The van der Waals surface area contributed by atoms with Crippen molar-refractivity contribution in [3.8, 4) is 11.1 Å². The van der Waals surface area contributed by atoms with Gasteiger partial charge in [0.2, 0.25) is 5.91 Å². The summed E-state index contributed by atoms with van der Waals surface area (Å²) in [5, 5.41) is 15.1. The number of hydrogen-bond donors (Lipinski definition) is 3. The molecule has 0 heterocycles. The summed E-state index contributed by atoms with van der Waals surface area (Å²) in [5.41, 5.74) is 4.49. The van der Waals surface area contributed by atoms with Crippen LogP contribution >= 0.6 is 0 Å². The van der Waals surface area contributed by atoms with E-state index in [2.05, 4.69) is 29.7 Å². The second-order valence-corrected chi connectivity index (χ2v) is 10.8. The van der Waals surface area contributed by atoms with E-state index in [0.29, 0.717) is 25.8 Å². The van der Waals surface area contributed by atoms with Crippen molar-refractivity contribution >= 4 is 18.0 Å². The molecule has 0 fully saturated rings. The first-order valence-electron chi connectivity index (χ1n) is 15.1. The van der Waals surface area contributed by atoms with Crippen LogP contribution in [0.5, 0.6) is 0 Å². The Hall–Kier alpha value is -3.35. The second-order valence-electron chi connectivity index (χ2n) is 10.8. The van der Waals surface area contributed by atoms with E-state index in [0.717, 1.165) is 47.9 Å². The van der Waals surface area contributed by atoms with Crippen LogP contribution in [0.15, 0.2) is 48.5 Å². The molecule has 0 aliphatic heterocycles. The number of benzene rings is 2. The monoisotopic (exact) mass is 550 g/mol. The van der Waals surface area contributed by atoms with Gasteiger partial charge < -0.3 is 20.5 Å². The third-order valence-corrected chi connectivity index (χ3v) is 7.68. The first kappa shape index (κ1) is 31.2. The lowest BCUT2D eigenvalue weighted by molar-refractivity contribution is -0.139.